The Morgan fingerprint density at radius 3 is 2.55 bits per heavy atom. The molecule has 2 aliphatic heterocycles. The Labute approximate surface area is 134 Å². The van der Waals surface area contributed by atoms with Gasteiger partial charge in [-0.1, -0.05) is 6.92 Å². The van der Waals surface area contributed by atoms with Gasteiger partial charge in [0.1, 0.15) is 0 Å². The molecular weight excluding hydrogens is 282 g/mol. The van der Waals surface area contributed by atoms with Gasteiger partial charge in [0.15, 0.2) is 0 Å². The number of carbonyl (C=O) groups is 1. The van der Waals surface area contributed by atoms with Crippen LogP contribution in [-0.4, -0.2) is 81.0 Å². The first kappa shape index (κ1) is 17.5. The highest BCUT2D eigenvalue weighted by molar-refractivity contribution is 5.74. The summed E-state index contributed by atoms with van der Waals surface area (Å²) in [7, 11) is 0. The second-order valence-electron chi connectivity index (χ2n) is 6.08. The fourth-order valence-electron chi connectivity index (χ4n) is 3.07. The van der Waals surface area contributed by atoms with Crippen LogP contribution in [0.1, 0.15) is 32.6 Å². The summed E-state index contributed by atoms with van der Waals surface area (Å²) in [5, 5.41) is 3.03. The van der Waals surface area contributed by atoms with Crippen LogP contribution in [0.25, 0.3) is 0 Å². The summed E-state index contributed by atoms with van der Waals surface area (Å²) in [4.78, 5) is 16.9. The molecule has 6 heteroatoms. The van der Waals surface area contributed by atoms with E-state index in [4.69, 9.17) is 9.47 Å². The molecule has 2 aliphatic rings. The zero-order valence-corrected chi connectivity index (χ0v) is 13.9. The molecule has 2 fully saturated rings. The molecule has 0 bridgehead atoms. The third-order valence-electron chi connectivity index (χ3n) is 4.40. The molecule has 6 nitrogen and oxygen atoms in total. The van der Waals surface area contributed by atoms with Crippen molar-refractivity contribution >= 4 is 6.03 Å². The highest BCUT2D eigenvalue weighted by Gasteiger charge is 2.25. The van der Waals surface area contributed by atoms with E-state index in [1.165, 1.54) is 0 Å². The molecule has 2 amide bonds. The molecule has 2 rings (SSSR count). The lowest BCUT2D eigenvalue weighted by Gasteiger charge is -2.35. The number of hydrogen-bond acceptors (Lipinski definition) is 4. The molecule has 2 saturated heterocycles. The van der Waals surface area contributed by atoms with E-state index in [-0.39, 0.29) is 6.03 Å². The van der Waals surface area contributed by atoms with E-state index in [0.717, 1.165) is 84.8 Å². The van der Waals surface area contributed by atoms with Crippen LogP contribution in [0, 0.1) is 0 Å². The Morgan fingerprint density at radius 1 is 1.18 bits per heavy atom. The van der Waals surface area contributed by atoms with Crippen molar-refractivity contribution in [1.29, 1.82) is 0 Å². The largest absolute Gasteiger partial charge is 0.381 e. The zero-order chi connectivity index (χ0) is 15.6. The van der Waals surface area contributed by atoms with Gasteiger partial charge in [0.2, 0.25) is 0 Å². The van der Waals surface area contributed by atoms with Crippen LogP contribution < -0.4 is 5.32 Å². The summed E-state index contributed by atoms with van der Waals surface area (Å²) in [6.45, 7) is 9.94. The molecule has 0 aromatic rings. The molecule has 0 saturated carbocycles. The van der Waals surface area contributed by atoms with Crippen molar-refractivity contribution < 1.29 is 14.3 Å². The van der Waals surface area contributed by atoms with Gasteiger partial charge in [0.25, 0.3) is 0 Å². The van der Waals surface area contributed by atoms with Crippen LogP contribution in [0.5, 0.6) is 0 Å². The molecule has 128 valence electrons. The molecule has 22 heavy (non-hydrogen) atoms. The topological polar surface area (TPSA) is 54.0 Å². The second-order valence-corrected chi connectivity index (χ2v) is 6.08. The van der Waals surface area contributed by atoms with Crippen molar-refractivity contribution in [3.05, 3.63) is 0 Å². The normalized spacial score (nSPS) is 20.8. The molecule has 0 unspecified atom stereocenters. The Hall–Kier alpha value is -0.850. The van der Waals surface area contributed by atoms with Gasteiger partial charge in [0, 0.05) is 52.0 Å². The number of nitrogens with zero attached hydrogens (tertiary/aromatic N) is 2. The molecular formula is C16H31N3O3. The number of nitrogens with one attached hydrogen (secondary N) is 1. The van der Waals surface area contributed by atoms with E-state index in [0.29, 0.717) is 6.04 Å². The van der Waals surface area contributed by atoms with Gasteiger partial charge in [-0.25, -0.2) is 4.79 Å². The van der Waals surface area contributed by atoms with E-state index in [2.05, 4.69) is 17.1 Å². The van der Waals surface area contributed by atoms with Crippen molar-refractivity contribution in [2.45, 2.75) is 38.6 Å². The van der Waals surface area contributed by atoms with Crippen LogP contribution in [0.2, 0.25) is 0 Å². The third-order valence-corrected chi connectivity index (χ3v) is 4.40. The predicted molar refractivity (Wildman–Crippen MR) is 86.1 cm³/mol. The Bertz CT molecular complexity index is 316. The maximum Gasteiger partial charge on any atom is 0.317 e. The van der Waals surface area contributed by atoms with Crippen molar-refractivity contribution in [3.63, 3.8) is 0 Å². The maximum absolute atomic E-state index is 12.4. The highest BCUT2D eigenvalue weighted by atomic mass is 16.5. The zero-order valence-electron chi connectivity index (χ0n) is 13.9. The average molecular weight is 313 g/mol. The lowest BCUT2D eigenvalue weighted by molar-refractivity contribution is 0.0308. The van der Waals surface area contributed by atoms with Crippen LogP contribution >= 0.6 is 0 Å². The Kier molecular flexibility index (Phi) is 7.98. The van der Waals surface area contributed by atoms with Crippen molar-refractivity contribution in [2.75, 3.05) is 59.2 Å². The number of urea groups is 1. The minimum Gasteiger partial charge on any atom is -0.381 e. The maximum atomic E-state index is 12.4. The van der Waals surface area contributed by atoms with Crippen LogP contribution in [0.4, 0.5) is 4.79 Å². The third kappa shape index (κ3) is 5.74. The monoisotopic (exact) mass is 313 g/mol. The Balaban J connectivity index is 1.78. The molecule has 0 aromatic heterocycles. The fraction of sp³-hybridized carbons (Fsp3) is 0.938. The van der Waals surface area contributed by atoms with E-state index in [9.17, 15) is 4.79 Å². The van der Waals surface area contributed by atoms with Crippen LogP contribution in [-0.2, 0) is 9.47 Å². The van der Waals surface area contributed by atoms with Crippen LogP contribution in [0.15, 0.2) is 0 Å². The lowest BCUT2D eigenvalue weighted by Crippen LogP contribution is -2.49. The standard InChI is InChI=1S/C16H31N3O3/c1-2-6-17-16(20)19(15-4-11-21-12-5-15)8-3-7-18-9-13-22-14-10-18/h15H,2-14H2,1H3,(H,17,20). The first-order valence-corrected chi connectivity index (χ1v) is 8.73. The van der Waals surface area contributed by atoms with Gasteiger partial charge < -0.3 is 19.7 Å². The van der Waals surface area contributed by atoms with Gasteiger partial charge in [-0.3, -0.25) is 4.90 Å². The molecule has 0 radical (unpaired) electrons. The number of hydrogen-bond donors (Lipinski definition) is 1. The summed E-state index contributed by atoms with van der Waals surface area (Å²) >= 11 is 0. The van der Waals surface area contributed by atoms with E-state index in [1.54, 1.807) is 0 Å². The number of ether oxygens (including phenoxy) is 2. The van der Waals surface area contributed by atoms with Gasteiger partial charge >= 0.3 is 6.03 Å². The highest BCUT2D eigenvalue weighted by Crippen LogP contribution is 2.15. The van der Waals surface area contributed by atoms with E-state index < -0.39 is 0 Å². The summed E-state index contributed by atoms with van der Waals surface area (Å²) in [5.41, 5.74) is 0. The summed E-state index contributed by atoms with van der Waals surface area (Å²) in [6, 6.07) is 0.422. The summed E-state index contributed by atoms with van der Waals surface area (Å²) < 4.78 is 10.8. The molecule has 0 atom stereocenters. The number of carbonyl (C=O) groups excluding carboxylic acids is 1. The van der Waals surface area contributed by atoms with E-state index in [1.807, 2.05) is 4.90 Å². The number of amides is 2. The quantitative estimate of drug-likeness (QED) is 0.770. The molecule has 0 aromatic carbocycles. The van der Waals surface area contributed by atoms with Crippen molar-refractivity contribution in [2.24, 2.45) is 0 Å². The molecule has 0 spiro atoms. The van der Waals surface area contributed by atoms with Crippen molar-refractivity contribution in [1.82, 2.24) is 15.1 Å². The van der Waals surface area contributed by atoms with E-state index >= 15 is 0 Å². The van der Waals surface area contributed by atoms with Gasteiger partial charge in [-0.15, -0.1) is 0 Å². The Morgan fingerprint density at radius 2 is 1.86 bits per heavy atom. The summed E-state index contributed by atoms with van der Waals surface area (Å²) in [5.74, 6) is 0. The molecule has 2 heterocycles. The molecule has 1 N–H and O–H groups in total. The predicted octanol–water partition coefficient (Wildman–Crippen LogP) is 1.31. The number of rotatable bonds is 7. The SMILES string of the molecule is CCCNC(=O)N(CCCN1CCOCC1)C1CCOCC1. The number of morpholine rings is 1. The van der Waals surface area contributed by atoms with Crippen molar-refractivity contribution in [3.8, 4) is 0 Å². The average Bonchev–Trinajstić information content (AvgIpc) is 2.58. The second kappa shape index (κ2) is 10.0. The smallest absolute Gasteiger partial charge is 0.317 e. The lowest BCUT2D eigenvalue weighted by atomic mass is 10.1. The van der Waals surface area contributed by atoms with Gasteiger partial charge in [0.05, 0.1) is 13.2 Å². The summed E-state index contributed by atoms with van der Waals surface area (Å²) in [6.07, 6.45) is 3.91. The van der Waals surface area contributed by atoms with Gasteiger partial charge in [-0.2, -0.15) is 0 Å². The first-order valence-electron chi connectivity index (χ1n) is 8.73. The first-order chi connectivity index (χ1) is 10.8. The minimum atomic E-state index is 0.0933. The fourth-order valence-corrected chi connectivity index (χ4v) is 3.07. The minimum absolute atomic E-state index is 0.0933. The van der Waals surface area contributed by atoms with Crippen LogP contribution in [0.3, 0.4) is 0 Å². The van der Waals surface area contributed by atoms with Gasteiger partial charge in [-0.05, 0) is 25.7 Å². The molecule has 0 aliphatic carbocycles.